The molecule has 1 saturated carbocycles. The molecule has 0 radical (unpaired) electrons. The molecule has 0 aliphatic heterocycles. The Hall–Kier alpha value is -1.95. The molecule has 1 fully saturated rings. The van der Waals surface area contributed by atoms with Crippen LogP contribution in [0, 0.1) is 10.1 Å². The Kier molecular flexibility index (Phi) is 4.57. The van der Waals surface area contributed by atoms with Crippen molar-refractivity contribution in [1.29, 1.82) is 0 Å². The number of nitro benzene ring substituents is 1. The topological polar surface area (TPSA) is 80.5 Å². The molecule has 0 heterocycles. The number of nitro groups is 1. The van der Waals surface area contributed by atoms with E-state index in [9.17, 15) is 19.7 Å². The van der Waals surface area contributed by atoms with Crippen molar-refractivity contribution in [1.82, 2.24) is 4.90 Å². The second-order valence-electron chi connectivity index (χ2n) is 5.14. The molecule has 1 aromatic carbocycles. The molecular weight excluding hydrogens is 296 g/mol. The number of benzene rings is 1. The second kappa shape index (κ2) is 6.22. The molecule has 112 valence electrons. The average Bonchev–Trinajstić information content (AvgIpc) is 2.45. The molecule has 0 bridgehead atoms. The first kappa shape index (κ1) is 15.4. The molecule has 2 rings (SSSR count). The average molecular weight is 311 g/mol. The van der Waals surface area contributed by atoms with Crippen LogP contribution in [-0.2, 0) is 4.79 Å². The standard InChI is InChI=1S/C14H15ClN2O4/c1-16(11-2-4-13(18)5-3-11)14(19)9-6-10(15)8-12(7-9)17(20)21/h6-8,11H,2-5H2,1H3. The summed E-state index contributed by atoms with van der Waals surface area (Å²) in [6.07, 6.45) is 2.20. The highest BCUT2D eigenvalue weighted by molar-refractivity contribution is 6.31. The van der Waals surface area contributed by atoms with Gasteiger partial charge in [-0.25, -0.2) is 0 Å². The van der Waals surface area contributed by atoms with E-state index in [1.165, 1.54) is 18.2 Å². The first-order chi connectivity index (χ1) is 9.88. The minimum absolute atomic E-state index is 0.0202. The lowest BCUT2D eigenvalue weighted by molar-refractivity contribution is -0.384. The summed E-state index contributed by atoms with van der Waals surface area (Å²) in [5.74, 6) is -0.106. The molecule has 1 aliphatic rings. The van der Waals surface area contributed by atoms with Crippen molar-refractivity contribution in [2.75, 3.05) is 7.05 Å². The van der Waals surface area contributed by atoms with Gasteiger partial charge in [0.15, 0.2) is 0 Å². The number of carbonyl (C=O) groups excluding carboxylic acids is 2. The lowest BCUT2D eigenvalue weighted by atomic mass is 9.93. The predicted octanol–water partition coefficient (Wildman–Crippen LogP) is 2.83. The quantitative estimate of drug-likeness (QED) is 0.635. The maximum atomic E-state index is 12.4. The van der Waals surface area contributed by atoms with Crippen LogP contribution < -0.4 is 0 Å². The van der Waals surface area contributed by atoms with Crippen molar-refractivity contribution >= 4 is 29.0 Å². The Morgan fingerprint density at radius 1 is 1.33 bits per heavy atom. The summed E-state index contributed by atoms with van der Waals surface area (Å²) in [6, 6.07) is 3.82. The molecule has 1 aromatic rings. The van der Waals surface area contributed by atoms with Gasteiger partial charge in [0.1, 0.15) is 5.78 Å². The van der Waals surface area contributed by atoms with Gasteiger partial charge in [-0.2, -0.15) is 0 Å². The maximum absolute atomic E-state index is 12.4. The van der Waals surface area contributed by atoms with Crippen LogP contribution in [0.25, 0.3) is 0 Å². The number of carbonyl (C=O) groups is 2. The third kappa shape index (κ3) is 3.58. The van der Waals surface area contributed by atoms with E-state index in [2.05, 4.69) is 0 Å². The second-order valence-corrected chi connectivity index (χ2v) is 5.58. The molecule has 0 saturated heterocycles. The van der Waals surface area contributed by atoms with E-state index in [1.54, 1.807) is 11.9 Å². The minimum atomic E-state index is -0.581. The lowest BCUT2D eigenvalue weighted by Gasteiger charge is -2.30. The lowest BCUT2D eigenvalue weighted by Crippen LogP contribution is -2.39. The largest absolute Gasteiger partial charge is 0.339 e. The van der Waals surface area contributed by atoms with Crippen LogP contribution in [0.4, 0.5) is 5.69 Å². The van der Waals surface area contributed by atoms with Crippen LogP contribution in [0.5, 0.6) is 0 Å². The zero-order chi connectivity index (χ0) is 15.6. The summed E-state index contributed by atoms with van der Waals surface area (Å²) in [4.78, 5) is 35.4. The number of nitrogens with zero attached hydrogens (tertiary/aromatic N) is 2. The van der Waals surface area contributed by atoms with Gasteiger partial charge in [-0.05, 0) is 18.9 Å². The zero-order valence-corrected chi connectivity index (χ0v) is 12.3. The van der Waals surface area contributed by atoms with Gasteiger partial charge in [0.25, 0.3) is 11.6 Å². The smallest absolute Gasteiger partial charge is 0.271 e. The number of non-ortho nitro benzene ring substituents is 1. The molecular formula is C14H15ClN2O4. The molecule has 0 atom stereocenters. The SMILES string of the molecule is CN(C(=O)c1cc(Cl)cc([N+](=O)[O-])c1)C1CCC(=O)CC1. The fourth-order valence-corrected chi connectivity index (χ4v) is 2.71. The monoisotopic (exact) mass is 310 g/mol. The highest BCUT2D eigenvalue weighted by Crippen LogP contribution is 2.25. The van der Waals surface area contributed by atoms with Crippen molar-refractivity contribution in [3.8, 4) is 0 Å². The molecule has 1 amide bonds. The normalized spacial score (nSPS) is 15.8. The van der Waals surface area contributed by atoms with Gasteiger partial charge in [-0.1, -0.05) is 11.6 Å². The molecule has 1 aliphatic carbocycles. The fraction of sp³-hybridized carbons (Fsp3) is 0.429. The summed E-state index contributed by atoms with van der Waals surface area (Å²) in [7, 11) is 1.65. The summed E-state index contributed by atoms with van der Waals surface area (Å²) >= 11 is 5.83. The Labute approximate surface area is 126 Å². The van der Waals surface area contributed by atoms with Crippen molar-refractivity contribution < 1.29 is 14.5 Å². The van der Waals surface area contributed by atoms with E-state index in [1.807, 2.05) is 0 Å². The van der Waals surface area contributed by atoms with Crippen LogP contribution >= 0.6 is 11.6 Å². The number of hydrogen-bond donors (Lipinski definition) is 0. The number of ketones is 1. The van der Waals surface area contributed by atoms with Gasteiger partial charge in [0, 0.05) is 48.6 Å². The Morgan fingerprint density at radius 3 is 2.52 bits per heavy atom. The third-order valence-electron chi connectivity index (χ3n) is 3.72. The van der Waals surface area contributed by atoms with Crippen LogP contribution in [0.1, 0.15) is 36.0 Å². The fourth-order valence-electron chi connectivity index (χ4n) is 2.48. The molecule has 0 aromatic heterocycles. The Balaban J connectivity index is 2.19. The summed E-state index contributed by atoms with van der Waals surface area (Å²) in [5.41, 5.74) is -0.0216. The first-order valence-corrected chi connectivity index (χ1v) is 7.00. The van der Waals surface area contributed by atoms with E-state index >= 15 is 0 Å². The molecule has 0 unspecified atom stereocenters. The highest BCUT2D eigenvalue weighted by Gasteiger charge is 2.26. The summed E-state index contributed by atoms with van der Waals surface area (Å²) in [6.45, 7) is 0. The van der Waals surface area contributed by atoms with E-state index in [0.29, 0.717) is 25.7 Å². The Bertz CT molecular complexity index is 593. The number of hydrogen-bond acceptors (Lipinski definition) is 4. The Morgan fingerprint density at radius 2 is 1.95 bits per heavy atom. The number of Topliss-reactive ketones (excluding diaryl/α,β-unsaturated/α-hetero) is 1. The highest BCUT2D eigenvalue weighted by atomic mass is 35.5. The number of rotatable bonds is 3. The third-order valence-corrected chi connectivity index (χ3v) is 3.94. The van der Waals surface area contributed by atoms with E-state index in [4.69, 9.17) is 11.6 Å². The number of amides is 1. The van der Waals surface area contributed by atoms with Crippen LogP contribution in [0.2, 0.25) is 5.02 Å². The number of halogens is 1. The van der Waals surface area contributed by atoms with Crippen molar-refractivity contribution in [2.24, 2.45) is 0 Å². The van der Waals surface area contributed by atoms with Crippen molar-refractivity contribution in [3.63, 3.8) is 0 Å². The van der Waals surface area contributed by atoms with E-state index in [0.717, 1.165) is 0 Å². The van der Waals surface area contributed by atoms with Crippen LogP contribution in [-0.4, -0.2) is 34.6 Å². The first-order valence-electron chi connectivity index (χ1n) is 6.62. The van der Waals surface area contributed by atoms with Crippen LogP contribution in [0.3, 0.4) is 0 Å². The zero-order valence-electron chi connectivity index (χ0n) is 11.5. The van der Waals surface area contributed by atoms with Gasteiger partial charge < -0.3 is 4.90 Å². The van der Waals surface area contributed by atoms with Crippen LogP contribution in [0.15, 0.2) is 18.2 Å². The predicted molar refractivity (Wildman–Crippen MR) is 77.5 cm³/mol. The van der Waals surface area contributed by atoms with Gasteiger partial charge in [-0.15, -0.1) is 0 Å². The van der Waals surface area contributed by atoms with Gasteiger partial charge >= 0.3 is 0 Å². The minimum Gasteiger partial charge on any atom is -0.339 e. The summed E-state index contributed by atoms with van der Waals surface area (Å²) in [5, 5.41) is 11.0. The van der Waals surface area contributed by atoms with Crippen molar-refractivity contribution in [3.05, 3.63) is 38.9 Å². The van der Waals surface area contributed by atoms with Gasteiger partial charge in [0.2, 0.25) is 0 Å². The molecule has 7 heteroatoms. The molecule has 0 N–H and O–H groups in total. The van der Waals surface area contributed by atoms with Crippen molar-refractivity contribution in [2.45, 2.75) is 31.7 Å². The van der Waals surface area contributed by atoms with Gasteiger partial charge in [0.05, 0.1) is 4.92 Å². The molecule has 0 spiro atoms. The van der Waals surface area contributed by atoms with Gasteiger partial charge in [-0.3, -0.25) is 19.7 Å². The summed E-state index contributed by atoms with van der Waals surface area (Å²) < 4.78 is 0. The molecule has 21 heavy (non-hydrogen) atoms. The molecule has 6 nitrogen and oxygen atoms in total. The van der Waals surface area contributed by atoms with E-state index < -0.39 is 4.92 Å². The maximum Gasteiger partial charge on any atom is 0.271 e. The van der Waals surface area contributed by atoms with E-state index in [-0.39, 0.29) is 34.0 Å².